The first kappa shape index (κ1) is 12.2. The van der Waals surface area contributed by atoms with E-state index < -0.39 is 6.10 Å². The van der Waals surface area contributed by atoms with E-state index in [9.17, 15) is 5.11 Å². The minimum absolute atomic E-state index is 0.129. The van der Waals surface area contributed by atoms with Crippen LogP contribution in [0.2, 0.25) is 5.02 Å². The van der Waals surface area contributed by atoms with E-state index in [4.69, 9.17) is 11.6 Å². The average molecular weight is 279 g/mol. The Hall–Kier alpha value is -0.830. The zero-order chi connectivity index (χ0) is 12.6. The lowest BCUT2D eigenvalue weighted by Crippen LogP contribution is -2.40. The lowest BCUT2D eigenvalue weighted by molar-refractivity contribution is 0.0295. The van der Waals surface area contributed by atoms with Gasteiger partial charge < -0.3 is 5.11 Å². The summed E-state index contributed by atoms with van der Waals surface area (Å²) >= 11 is 7.71. The van der Waals surface area contributed by atoms with Crippen LogP contribution in [0.4, 0.5) is 0 Å². The summed E-state index contributed by atoms with van der Waals surface area (Å²) in [6.45, 7) is 0. The van der Waals surface area contributed by atoms with Crippen LogP contribution in [0.15, 0.2) is 41.8 Å². The highest BCUT2D eigenvalue weighted by molar-refractivity contribution is 7.10. The number of thiophene rings is 1. The zero-order valence-electron chi connectivity index (χ0n) is 9.97. The van der Waals surface area contributed by atoms with Gasteiger partial charge in [0, 0.05) is 5.41 Å². The second-order valence-corrected chi connectivity index (χ2v) is 6.27. The SMILES string of the molecule is OC(c1sccc1Cl)C1(c2ccccc2)CCC1. The molecule has 0 bridgehead atoms. The van der Waals surface area contributed by atoms with Gasteiger partial charge in [0.2, 0.25) is 0 Å². The van der Waals surface area contributed by atoms with Crippen molar-refractivity contribution in [1.29, 1.82) is 0 Å². The Kier molecular flexibility index (Phi) is 3.18. The van der Waals surface area contributed by atoms with Gasteiger partial charge in [-0.2, -0.15) is 0 Å². The second kappa shape index (κ2) is 4.69. The molecule has 1 aromatic heterocycles. The Balaban J connectivity index is 2.00. The first-order valence-electron chi connectivity index (χ1n) is 6.20. The lowest BCUT2D eigenvalue weighted by Gasteiger charge is -2.46. The fourth-order valence-electron chi connectivity index (χ4n) is 2.80. The molecule has 1 fully saturated rings. The number of aliphatic hydroxyl groups excluding tert-OH is 1. The van der Waals surface area contributed by atoms with Gasteiger partial charge in [-0.1, -0.05) is 48.4 Å². The normalized spacial score (nSPS) is 19.2. The first-order chi connectivity index (χ1) is 8.74. The summed E-state index contributed by atoms with van der Waals surface area (Å²) in [5, 5.41) is 13.4. The van der Waals surface area contributed by atoms with Crippen LogP contribution in [0.3, 0.4) is 0 Å². The Labute approximate surface area is 116 Å². The van der Waals surface area contributed by atoms with E-state index >= 15 is 0 Å². The highest BCUT2D eigenvalue weighted by Gasteiger charge is 2.46. The van der Waals surface area contributed by atoms with Gasteiger partial charge in [-0.05, 0) is 29.9 Å². The van der Waals surface area contributed by atoms with Crippen molar-refractivity contribution in [3.63, 3.8) is 0 Å². The average Bonchev–Trinajstić information content (AvgIpc) is 2.75. The molecule has 1 aliphatic rings. The van der Waals surface area contributed by atoms with Crippen molar-refractivity contribution in [2.75, 3.05) is 0 Å². The molecule has 0 amide bonds. The standard InChI is InChI=1S/C15H15ClOS/c16-12-7-10-18-13(12)14(17)15(8-4-9-15)11-5-2-1-3-6-11/h1-3,5-7,10,14,17H,4,8-9H2. The summed E-state index contributed by atoms with van der Waals surface area (Å²) in [6.07, 6.45) is 2.76. The molecule has 1 N–H and O–H groups in total. The first-order valence-corrected chi connectivity index (χ1v) is 7.46. The molecule has 0 spiro atoms. The maximum absolute atomic E-state index is 10.7. The van der Waals surface area contributed by atoms with Gasteiger partial charge in [0.1, 0.15) is 0 Å². The van der Waals surface area contributed by atoms with Crippen molar-refractivity contribution in [2.45, 2.75) is 30.8 Å². The van der Waals surface area contributed by atoms with Gasteiger partial charge in [0.25, 0.3) is 0 Å². The number of benzene rings is 1. The van der Waals surface area contributed by atoms with Crippen LogP contribution in [-0.4, -0.2) is 5.11 Å². The van der Waals surface area contributed by atoms with Crippen LogP contribution in [0.1, 0.15) is 35.8 Å². The van der Waals surface area contributed by atoms with Gasteiger partial charge in [-0.25, -0.2) is 0 Å². The molecule has 18 heavy (non-hydrogen) atoms. The molecule has 1 aliphatic carbocycles. The monoisotopic (exact) mass is 278 g/mol. The van der Waals surface area contributed by atoms with Crippen LogP contribution < -0.4 is 0 Å². The Morgan fingerprint density at radius 1 is 1.17 bits per heavy atom. The fraction of sp³-hybridized carbons (Fsp3) is 0.333. The van der Waals surface area contributed by atoms with E-state index in [2.05, 4.69) is 12.1 Å². The topological polar surface area (TPSA) is 20.2 Å². The molecule has 0 saturated heterocycles. The van der Waals surface area contributed by atoms with Gasteiger partial charge in [-0.15, -0.1) is 11.3 Å². The largest absolute Gasteiger partial charge is 0.387 e. The Morgan fingerprint density at radius 2 is 1.89 bits per heavy atom. The van der Waals surface area contributed by atoms with E-state index in [1.165, 1.54) is 12.0 Å². The number of halogens is 1. The molecule has 1 atom stereocenters. The maximum atomic E-state index is 10.7. The molecule has 1 unspecified atom stereocenters. The van der Waals surface area contributed by atoms with Crippen LogP contribution in [0.5, 0.6) is 0 Å². The van der Waals surface area contributed by atoms with E-state index in [-0.39, 0.29) is 5.41 Å². The van der Waals surface area contributed by atoms with Crippen LogP contribution in [0, 0.1) is 0 Å². The summed E-state index contributed by atoms with van der Waals surface area (Å²) in [4.78, 5) is 0.903. The third kappa shape index (κ3) is 1.80. The van der Waals surface area contributed by atoms with Gasteiger partial charge >= 0.3 is 0 Å². The number of hydrogen-bond acceptors (Lipinski definition) is 2. The third-order valence-electron chi connectivity index (χ3n) is 4.01. The maximum Gasteiger partial charge on any atom is 0.0993 e. The smallest absolute Gasteiger partial charge is 0.0993 e. The van der Waals surface area contributed by atoms with Crippen molar-refractivity contribution in [1.82, 2.24) is 0 Å². The lowest BCUT2D eigenvalue weighted by atomic mass is 9.61. The Morgan fingerprint density at radius 3 is 2.39 bits per heavy atom. The molecular weight excluding hydrogens is 264 g/mol. The quantitative estimate of drug-likeness (QED) is 0.873. The van der Waals surface area contributed by atoms with Crippen molar-refractivity contribution < 1.29 is 5.11 Å². The molecule has 94 valence electrons. The molecule has 1 heterocycles. The number of aliphatic hydroxyl groups is 1. The Bertz CT molecular complexity index is 530. The van der Waals surface area contributed by atoms with Crippen molar-refractivity contribution in [3.8, 4) is 0 Å². The molecule has 3 rings (SSSR count). The van der Waals surface area contributed by atoms with Crippen LogP contribution in [-0.2, 0) is 5.41 Å². The van der Waals surface area contributed by atoms with Crippen molar-refractivity contribution in [3.05, 3.63) is 57.2 Å². The fourth-order valence-corrected chi connectivity index (χ4v) is 4.06. The number of rotatable bonds is 3. The van der Waals surface area contributed by atoms with Crippen molar-refractivity contribution in [2.24, 2.45) is 0 Å². The molecule has 0 radical (unpaired) electrons. The summed E-state index contributed by atoms with van der Waals surface area (Å²) in [5.41, 5.74) is 1.10. The van der Waals surface area contributed by atoms with Gasteiger partial charge in [-0.3, -0.25) is 0 Å². The molecule has 1 aromatic carbocycles. The highest BCUT2D eigenvalue weighted by Crippen LogP contribution is 2.53. The van der Waals surface area contributed by atoms with E-state index in [1.54, 1.807) is 11.3 Å². The molecule has 1 nitrogen and oxygen atoms in total. The summed E-state index contributed by atoms with van der Waals surface area (Å²) in [5.74, 6) is 0. The number of hydrogen-bond donors (Lipinski definition) is 1. The zero-order valence-corrected chi connectivity index (χ0v) is 11.5. The molecule has 3 heteroatoms. The second-order valence-electron chi connectivity index (χ2n) is 4.91. The summed E-state index contributed by atoms with van der Waals surface area (Å²) in [6, 6.07) is 12.2. The molecule has 0 aliphatic heterocycles. The van der Waals surface area contributed by atoms with E-state index in [1.807, 2.05) is 29.6 Å². The minimum atomic E-state index is -0.485. The highest BCUT2D eigenvalue weighted by atomic mass is 35.5. The third-order valence-corrected chi connectivity index (χ3v) is 5.42. The van der Waals surface area contributed by atoms with E-state index in [0.29, 0.717) is 5.02 Å². The predicted molar refractivity (Wildman–Crippen MR) is 76.3 cm³/mol. The predicted octanol–water partition coefficient (Wildman–Crippen LogP) is 4.56. The summed E-state index contributed by atoms with van der Waals surface area (Å²) in [7, 11) is 0. The summed E-state index contributed by atoms with van der Waals surface area (Å²) < 4.78 is 0. The van der Waals surface area contributed by atoms with Gasteiger partial charge in [0.15, 0.2) is 0 Å². The van der Waals surface area contributed by atoms with E-state index in [0.717, 1.165) is 17.7 Å². The minimum Gasteiger partial charge on any atom is -0.387 e. The van der Waals surface area contributed by atoms with Crippen molar-refractivity contribution >= 4 is 22.9 Å². The van der Waals surface area contributed by atoms with Gasteiger partial charge in [0.05, 0.1) is 16.0 Å². The molecular formula is C15H15ClOS. The van der Waals surface area contributed by atoms with Crippen LogP contribution in [0.25, 0.3) is 0 Å². The van der Waals surface area contributed by atoms with Crippen LogP contribution >= 0.6 is 22.9 Å². The molecule has 1 saturated carbocycles. The molecule has 2 aromatic rings.